The number of hydrogen-bond acceptors (Lipinski definition) is 2. The quantitative estimate of drug-likeness (QED) is 0.743. The van der Waals surface area contributed by atoms with Crippen molar-refractivity contribution in [1.29, 1.82) is 0 Å². The van der Waals surface area contributed by atoms with Crippen LogP contribution in [0.25, 0.3) is 12.2 Å². The average molecular weight is 222 g/mol. The van der Waals surface area contributed by atoms with Gasteiger partial charge in [0, 0.05) is 12.4 Å². The normalized spacial score (nSPS) is 11.4. The summed E-state index contributed by atoms with van der Waals surface area (Å²) in [5.41, 5.74) is 3.08. The summed E-state index contributed by atoms with van der Waals surface area (Å²) < 4.78 is 0. The molecule has 2 nitrogen and oxygen atoms in total. The van der Waals surface area contributed by atoms with Gasteiger partial charge in [-0.3, -0.25) is 9.97 Å². The van der Waals surface area contributed by atoms with Gasteiger partial charge in [0.15, 0.2) is 0 Å². The molecule has 2 rings (SSSR count). The Kier molecular flexibility index (Phi) is 3.81. The van der Waals surface area contributed by atoms with Crippen molar-refractivity contribution in [2.45, 2.75) is 6.92 Å². The van der Waals surface area contributed by atoms with Crippen LogP contribution in [0.2, 0.25) is 0 Å². The molecule has 0 spiro atoms. The second-order valence-corrected chi connectivity index (χ2v) is 3.73. The number of rotatable bonds is 3. The van der Waals surface area contributed by atoms with Gasteiger partial charge in [-0.25, -0.2) is 0 Å². The zero-order chi connectivity index (χ0) is 11.9. The van der Waals surface area contributed by atoms with E-state index in [4.69, 9.17) is 0 Å². The van der Waals surface area contributed by atoms with Gasteiger partial charge in [-0.05, 0) is 42.8 Å². The number of hydrogen-bond donors (Lipinski definition) is 0. The maximum absolute atomic E-state index is 4.29. The maximum atomic E-state index is 4.29. The Morgan fingerprint density at radius 2 is 1.65 bits per heavy atom. The zero-order valence-corrected chi connectivity index (χ0v) is 9.75. The van der Waals surface area contributed by atoms with Crippen LogP contribution in [0.4, 0.5) is 0 Å². The van der Waals surface area contributed by atoms with Crippen LogP contribution < -0.4 is 0 Å². The second kappa shape index (κ2) is 5.75. The summed E-state index contributed by atoms with van der Waals surface area (Å²) in [5, 5.41) is 0. The van der Waals surface area contributed by atoms with Crippen LogP contribution in [0.3, 0.4) is 0 Å². The molecule has 0 saturated carbocycles. The zero-order valence-electron chi connectivity index (χ0n) is 9.75. The van der Waals surface area contributed by atoms with Gasteiger partial charge in [-0.1, -0.05) is 24.3 Å². The fourth-order valence-corrected chi connectivity index (χ4v) is 1.36. The molecule has 0 fully saturated rings. The molecule has 0 unspecified atom stereocenters. The van der Waals surface area contributed by atoms with E-state index in [2.05, 4.69) is 16.0 Å². The fourth-order valence-electron chi connectivity index (χ4n) is 1.36. The molecule has 0 radical (unpaired) electrons. The number of aryl methyl sites for hydroxylation is 1. The topological polar surface area (TPSA) is 25.8 Å². The Labute approximate surface area is 101 Å². The van der Waals surface area contributed by atoms with E-state index in [-0.39, 0.29) is 0 Å². The molecule has 0 atom stereocenters. The molecule has 0 aliphatic carbocycles. The minimum absolute atomic E-state index is 0.953. The van der Waals surface area contributed by atoms with Crippen molar-refractivity contribution < 1.29 is 0 Å². The summed E-state index contributed by atoms with van der Waals surface area (Å²) in [6, 6.07) is 9.89. The number of pyridine rings is 2. The minimum Gasteiger partial charge on any atom is -0.257 e. The molecule has 2 aromatic rings. The smallest absolute Gasteiger partial charge is 0.0629 e. The summed E-state index contributed by atoms with van der Waals surface area (Å²) in [5.74, 6) is 0. The standard InChI is InChI=1S/C15H14N2/c1-13-9-10-15(17-12-13)7-3-2-6-14-8-4-5-11-16-14/h2-12H,1H3. The second-order valence-electron chi connectivity index (χ2n) is 3.73. The van der Waals surface area contributed by atoms with Crippen molar-refractivity contribution in [2.75, 3.05) is 0 Å². The van der Waals surface area contributed by atoms with Crippen molar-refractivity contribution in [3.05, 3.63) is 71.8 Å². The molecular weight excluding hydrogens is 208 g/mol. The lowest BCUT2D eigenvalue weighted by Crippen LogP contribution is -1.80. The molecule has 0 saturated heterocycles. The summed E-state index contributed by atoms with van der Waals surface area (Å²) in [4.78, 5) is 8.49. The molecule has 0 N–H and O–H groups in total. The van der Waals surface area contributed by atoms with E-state index in [1.165, 1.54) is 5.56 Å². The third kappa shape index (κ3) is 3.68. The monoisotopic (exact) mass is 222 g/mol. The van der Waals surface area contributed by atoms with Crippen LogP contribution in [-0.2, 0) is 0 Å². The van der Waals surface area contributed by atoms with Gasteiger partial charge in [0.25, 0.3) is 0 Å². The van der Waals surface area contributed by atoms with Gasteiger partial charge in [0.1, 0.15) is 0 Å². The Bertz CT molecular complexity index is 510. The molecule has 17 heavy (non-hydrogen) atoms. The van der Waals surface area contributed by atoms with E-state index >= 15 is 0 Å². The van der Waals surface area contributed by atoms with E-state index < -0.39 is 0 Å². The lowest BCUT2D eigenvalue weighted by molar-refractivity contribution is 1.24. The van der Waals surface area contributed by atoms with Crippen molar-refractivity contribution >= 4 is 12.2 Å². The average Bonchev–Trinajstić information content (AvgIpc) is 2.38. The minimum atomic E-state index is 0.953. The SMILES string of the molecule is Cc1ccc(C=CC=Cc2ccccn2)nc1. The molecule has 2 heteroatoms. The third-order valence-electron chi connectivity index (χ3n) is 2.27. The van der Waals surface area contributed by atoms with Crippen molar-refractivity contribution in [3.8, 4) is 0 Å². The summed E-state index contributed by atoms with van der Waals surface area (Å²) in [7, 11) is 0. The van der Waals surface area contributed by atoms with Gasteiger partial charge in [0.05, 0.1) is 11.4 Å². The van der Waals surface area contributed by atoms with E-state index in [0.29, 0.717) is 0 Å². The highest BCUT2D eigenvalue weighted by atomic mass is 14.7. The van der Waals surface area contributed by atoms with Gasteiger partial charge in [-0.2, -0.15) is 0 Å². The Morgan fingerprint density at radius 1 is 0.882 bits per heavy atom. The first-order valence-electron chi connectivity index (χ1n) is 5.53. The molecule has 0 aliphatic rings. The van der Waals surface area contributed by atoms with Gasteiger partial charge >= 0.3 is 0 Å². The number of aromatic nitrogens is 2. The molecule has 0 aliphatic heterocycles. The van der Waals surface area contributed by atoms with Crippen molar-refractivity contribution in [2.24, 2.45) is 0 Å². The lowest BCUT2D eigenvalue weighted by atomic mass is 10.2. The first-order chi connectivity index (χ1) is 8.34. The van der Waals surface area contributed by atoms with Crippen molar-refractivity contribution in [1.82, 2.24) is 9.97 Å². The van der Waals surface area contributed by atoms with E-state index in [0.717, 1.165) is 11.4 Å². The third-order valence-corrected chi connectivity index (χ3v) is 2.27. The Balaban J connectivity index is 1.98. The summed E-state index contributed by atoms with van der Waals surface area (Å²) in [6.07, 6.45) is 11.5. The highest BCUT2D eigenvalue weighted by Crippen LogP contribution is 2.02. The highest BCUT2D eigenvalue weighted by molar-refractivity contribution is 5.53. The van der Waals surface area contributed by atoms with Crippen LogP contribution in [0, 0.1) is 6.92 Å². The lowest BCUT2D eigenvalue weighted by Gasteiger charge is -1.92. The predicted molar refractivity (Wildman–Crippen MR) is 71.3 cm³/mol. The fraction of sp³-hybridized carbons (Fsp3) is 0.0667. The molecule has 0 amide bonds. The Morgan fingerprint density at radius 3 is 2.24 bits per heavy atom. The van der Waals surface area contributed by atoms with E-state index in [9.17, 15) is 0 Å². The highest BCUT2D eigenvalue weighted by Gasteiger charge is 1.86. The Hall–Kier alpha value is -2.22. The first-order valence-corrected chi connectivity index (χ1v) is 5.53. The van der Waals surface area contributed by atoms with Gasteiger partial charge < -0.3 is 0 Å². The van der Waals surface area contributed by atoms with Gasteiger partial charge in [0.2, 0.25) is 0 Å². The molecule has 0 bridgehead atoms. The van der Waals surface area contributed by atoms with Crippen LogP contribution in [-0.4, -0.2) is 9.97 Å². The van der Waals surface area contributed by atoms with E-state index in [1.807, 2.05) is 61.7 Å². The first kappa shape index (κ1) is 11.3. The molecule has 84 valence electrons. The van der Waals surface area contributed by atoms with Crippen LogP contribution >= 0.6 is 0 Å². The molecular formula is C15H14N2. The maximum Gasteiger partial charge on any atom is 0.0629 e. The molecule has 2 heterocycles. The number of allylic oxidation sites excluding steroid dienone is 2. The van der Waals surface area contributed by atoms with Crippen molar-refractivity contribution in [3.63, 3.8) is 0 Å². The largest absolute Gasteiger partial charge is 0.257 e. The molecule has 0 aromatic carbocycles. The summed E-state index contributed by atoms with van der Waals surface area (Å²) >= 11 is 0. The van der Waals surface area contributed by atoms with Crippen LogP contribution in [0.15, 0.2) is 54.9 Å². The van der Waals surface area contributed by atoms with E-state index in [1.54, 1.807) is 6.20 Å². The molecule has 2 aromatic heterocycles. The summed E-state index contributed by atoms with van der Waals surface area (Å²) in [6.45, 7) is 2.03. The van der Waals surface area contributed by atoms with Gasteiger partial charge in [-0.15, -0.1) is 0 Å². The number of nitrogens with zero attached hydrogens (tertiary/aromatic N) is 2. The predicted octanol–water partition coefficient (Wildman–Crippen LogP) is 3.51. The van der Waals surface area contributed by atoms with Crippen LogP contribution in [0.1, 0.15) is 17.0 Å². The van der Waals surface area contributed by atoms with Crippen LogP contribution in [0.5, 0.6) is 0 Å².